The molecule has 0 aliphatic carbocycles. The van der Waals surface area contributed by atoms with Gasteiger partial charge in [-0.05, 0) is 19.3 Å². The molecule has 0 fully saturated rings. The molecule has 0 atom stereocenters. The van der Waals surface area contributed by atoms with Crippen molar-refractivity contribution in [3.8, 4) is 0 Å². The molecule has 0 amide bonds. The molecule has 2 nitrogen and oxygen atoms in total. The SMILES string of the molecule is CCCCCCCCCCOC(=O)CCCCCCCCCBr. The molecule has 0 aliphatic heterocycles. The Hall–Kier alpha value is -0.0500. The summed E-state index contributed by atoms with van der Waals surface area (Å²) in [6, 6.07) is 0. The van der Waals surface area contributed by atoms with Gasteiger partial charge in [-0.25, -0.2) is 0 Å². The van der Waals surface area contributed by atoms with Crippen molar-refractivity contribution in [3.05, 3.63) is 0 Å². The molecule has 0 aliphatic rings. The first-order valence-electron chi connectivity index (χ1n) is 10.0. The van der Waals surface area contributed by atoms with Crippen LogP contribution in [0.15, 0.2) is 0 Å². The Kier molecular flexibility index (Phi) is 20.0. The zero-order valence-corrected chi connectivity index (χ0v) is 17.0. The Bertz CT molecular complexity index is 244. The second kappa shape index (κ2) is 20.0. The lowest BCUT2D eigenvalue weighted by molar-refractivity contribution is -0.143. The molecular weight excluding hydrogens is 352 g/mol. The predicted molar refractivity (Wildman–Crippen MR) is 104 cm³/mol. The number of ether oxygens (including phenoxy) is 1. The fraction of sp³-hybridized carbons (Fsp3) is 0.950. The van der Waals surface area contributed by atoms with Crippen LogP contribution in [0.2, 0.25) is 0 Å². The number of carbonyl (C=O) groups excluding carboxylic acids is 1. The van der Waals surface area contributed by atoms with E-state index in [-0.39, 0.29) is 5.97 Å². The van der Waals surface area contributed by atoms with Crippen LogP contribution in [0.25, 0.3) is 0 Å². The Balaban J connectivity index is 3.13. The number of rotatable bonds is 18. The first-order chi connectivity index (χ1) is 11.3. The normalized spacial score (nSPS) is 10.9. The number of unbranched alkanes of at least 4 members (excludes halogenated alkanes) is 13. The van der Waals surface area contributed by atoms with Gasteiger partial charge in [0.15, 0.2) is 0 Å². The Labute approximate surface area is 153 Å². The Morgan fingerprint density at radius 2 is 1.17 bits per heavy atom. The van der Waals surface area contributed by atoms with E-state index in [0.29, 0.717) is 13.0 Å². The second-order valence-electron chi connectivity index (χ2n) is 6.61. The molecule has 0 spiro atoms. The van der Waals surface area contributed by atoms with Crippen LogP contribution >= 0.6 is 15.9 Å². The lowest BCUT2D eigenvalue weighted by Crippen LogP contribution is -2.05. The van der Waals surface area contributed by atoms with Crippen LogP contribution in [0.5, 0.6) is 0 Å². The van der Waals surface area contributed by atoms with Crippen molar-refractivity contribution in [2.24, 2.45) is 0 Å². The summed E-state index contributed by atoms with van der Waals surface area (Å²) < 4.78 is 5.30. The average molecular weight is 391 g/mol. The van der Waals surface area contributed by atoms with Gasteiger partial charge < -0.3 is 4.74 Å². The number of hydrogen-bond donors (Lipinski definition) is 0. The van der Waals surface area contributed by atoms with Crippen LogP contribution in [0.1, 0.15) is 110 Å². The molecule has 3 heteroatoms. The third-order valence-corrected chi connectivity index (χ3v) is 4.84. The summed E-state index contributed by atoms with van der Waals surface area (Å²) in [4.78, 5) is 11.6. The van der Waals surface area contributed by atoms with Crippen LogP contribution in [-0.4, -0.2) is 17.9 Å². The summed E-state index contributed by atoms with van der Waals surface area (Å²) in [5.74, 6) is 0.00670. The van der Waals surface area contributed by atoms with Gasteiger partial charge in [-0.2, -0.15) is 0 Å². The van der Waals surface area contributed by atoms with Gasteiger partial charge in [0.05, 0.1) is 6.61 Å². The standard InChI is InChI=1S/C20H39BrO2/c1-2-3-4-5-6-10-13-16-19-23-20(22)17-14-11-8-7-9-12-15-18-21/h2-19H2,1H3. The van der Waals surface area contributed by atoms with Crippen LogP contribution in [0.4, 0.5) is 0 Å². The molecule has 0 rings (SSSR count). The minimum atomic E-state index is 0.00670. The van der Waals surface area contributed by atoms with E-state index in [2.05, 4.69) is 22.9 Å². The molecule has 0 aromatic carbocycles. The third kappa shape index (κ3) is 19.9. The van der Waals surface area contributed by atoms with Crippen molar-refractivity contribution in [1.82, 2.24) is 0 Å². The average Bonchev–Trinajstić information content (AvgIpc) is 2.56. The van der Waals surface area contributed by atoms with Gasteiger partial charge in [-0.1, -0.05) is 99.9 Å². The second-order valence-corrected chi connectivity index (χ2v) is 7.40. The molecular formula is C20H39BrO2. The van der Waals surface area contributed by atoms with Crippen LogP contribution in [0.3, 0.4) is 0 Å². The van der Waals surface area contributed by atoms with Crippen molar-refractivity contribution in [2.75, 3.05) is 11.9 Å². The molecule has 0 aromatic heterocycles. The minimum Gasteiger partial charge on any atom is -0.466 e. The molecule has 138 valence electrons. The Morgan fingerprint density at radius 1 is 0.696 bits per heavy atom. The maximum Gasteiger partial charge on any atom is 0.305 e. The molecule has 0 saturated heterocycles. The summed E-state index contributed by atoms with van der Waals surface area (Å²) in [7, 11) is 0. The van der Waals surface area contributed by atoms with Crippen LogP contribution in [-0.2, 0) is 9.53 Å². The number of hydrogen-bond acceptors (Lipinski definition) is 2. The van der Waals surface area contributed by atoms with Gasteiger partial charge in [-0.3, -0.25) is 4.79 Å². The maximum absolute atomic E-state index is 11.6. The van der Waals surface area contributed by atoms with Crippen LogP contribution < -0.4 is 0 Å². The highest BCUT2D eigenvalue weighted by Gasteiger charge is 2.02. The monoisotopic (exact) mass is 390 g/mol. The van der Waals surface area contributed by atoms with E-state index >= 15 is 0 Å². The van der Waals surface area contributed by atoms with Gasteiger partial charge in [0.2, 0.25) is 0 Å². The van der Waals surface area contributed by atoms with Gasteiger partial charge in [0.25, 0.3) is 0 Å². The van der Waals surface area contributed by atoms with Crippen LogP contribution in [0, 0.1) is 0 Å². The van der Waals surface area contributed by atoms with Gasteiger partial charge in [-0.15, -0.1) is 0 Å². The predicted octanol–water partition coefficient (Wildman–Crippen LogP) is 7.19. The molecule has 0 aromatic rings. The lowest BCUT2D eigenvalue weighted by atomic mass is 10.1. The summed E-state index contributed by atoms with van der Waals surface area (Å²) in [5.41, 5.74) is 0. The van der Waals surface area contributed by atoms with Crippen molar-refractivity contribution in [3.63, 3.8) is 0 Å². The maximum atomic E-state index is 11.6. The van der Waals surface area contributed by atoms with Gasteiger partial charge in [0.1, 0.15) is 0 Å². The lowest BCUT2D eigenvalue weighted by Gasteiger charge is -2.05. The Morgan fingerprint density at radius 3 is 1.74 bits per heavy atom. The van der Waals surface area contributed by atoms with E-state index in [0.717, 1.165) is 18.2 Å². The molecule has 0 saturated carbocycles. The van der Waals surface area contributed by atoms with E-state index in [1.807, 2.05) is 0 Å². The first-order valence-corrected chi connectivity index (χ1v) is 11.1. The largest absolute Gasteiger partial charge is 0.466 e. The summed E-state index contributed by atoms with van der Waals surface area (Å²) in [6.45, 7) is 2.88. The molecule has 0 N–H and O–H groups in total. The third-order valence-electron chi connectivity index (χ3n) is 4.28. The zero-order chi connectivity index (χ0) is 17.0. The number of esters is 1. The topological polar surface area (TPSA) is 26.3 Å². The quantitative estimate of drug-likeness (QED) is 0.140. The molecule has 0 unspecified atom stereocenters. The smallest absolute Gasteiger partial charge is 0.305 e. The van der Waals surface area contributed by atoms with Crippen molar-refractivity contribution in [2.45, 2.75) is 110 Å². The zero-order valence-electron chi connectivity index (χ0n) is 15.4. The number of carbonyl (C=O) groups is 1. The van der Waals surface area contributed by atoms with E-state index in [1.165, 1.54) is 83.5 Å². The molecule has 0 heterocycles. The van der Waals surface area contributed by atoms with Crippen molar-refractivity contribution < 1.29 is 9.53 Å². The number of alkyl halides is 1. The summed E-state index contributed by atoms with van der Waals surface area (Å²) in [6.07, 6.45) is 19.6. The van der Waals surface area contributed by atoms with E-state index in [9.17, 15) is 4.79 Å². The van der Waals surface area contributed by atoms with E-state index in [4.69, 9.17) is 4.74 Å². The molecule has 0 radical (unpaired) electrons. The first kappa shape index (κ1) is 22.9. The summed E-state index contributed by atoms with van der Waals surface area (Å²) >= 11 is 3.45. The van der Waals surface area contributed by atoms with E-state index in [1.54, 1.807) is 0 Å². The minimum absolute atomic E-state index is 0.00670. The fourth-order valence-corrected chi connectivity index (χ4v) is 3.14. The van der Waals surface area contributed by atoms with E-state index < -0.39 is 0 Å². The fourth-order valence-electron chi connectivity index (χ4n) is 2.74. The molecule has 23 heavy (non-hydrogen) atoms. The highest BCUT2D eigenvalue weighted by atomic mass is 79.9. The summed E-state index contributed by atoms with van der Waals surface area (Å²) in [5, 5.41) is 1.12. The molecule has 0 bridgehead atoms. The van der Waals surface area contributed by atoms with Gasteiger partial charge >= 0.3 is 5.97 Å². The highest BCUT2D eigenvalue weighted by Crippen LogP contribution is 2.11. The van der Waals surface area contributed by atoms with Crippen molar-refractivity contribution >= 4 is 21.9 Å². The van der Waals surface area contributed by atoms with Crippen molar-refractivity contribution in [1.29, 1.82) is 0 Å². The highest BCUT2D eigenvalue weighted by molar-refractivity contribution is 9.09. The van der Waals surface area contributed by atoms with Gasteiger partial charge in [0, 0.05) is 11.8 Å². The number of halogens is 1.